The van der Waals surface area contributed by atoms with Crippen LogP contribution in [0.2, 0.25) is 15.1 Å². The molecule has 0 spiro atoms. The Morgan fingerprint density at radius 2 is 1.61 bits per heavy atom. The second-order valence-corrected chi connectivity index (χ2v) is 12.7. The summed E-state index contributed by atoms with van der Waals surface area (Å²) in [4.78, 5) is 28.6. The van der Waals surface area contributed by atoms with Crippen molar-refractivity contribution < 1.29 is 22.7 Å². The lowest BCUT2D eigenvalue weighted by Crippen LogP contribution is -2.53. The number of ether oxygens (including phenoxy) is 1. The molecule has 0 aliphatic carbocycles. The van der Waals surface area contributed by atoms with Gasteiger partial charge in [-0.1, -0.05) is 53.9 Å². The molecule has 0 heterocycles. The van der Waals surface area contributed by atoms with Gasteiger partial charge in [0.1, 0.15) is 18.3 Å². The molecule has 0 fully saturated rings. The maximum Gasteiger partial charge on any atom is 0.264 e. The number of anilines is 1. The van der Waals surface area contributed by atoms with Crippen LogP contribution < -0.4 is 14.4 Å². The van der Waals surface area contributed by atoms with E-state index in [1.807, 2.05) is 13.8 Å². The highest BCUT2D eigenvalue weighted by molar-refractivity contribution is 7.92. The fraction of sp³-hybridized carbons (Fsp3) is 0.310. The van der Waals surface area contributed by atoms with Crippen molar-refractivity contribution in [3.05, 3.63) is 87.4 Å². The molecule has 0 aliphatic rings. The number of benzene rings is 3. The summed E-state index contributed by atoms with van der Waals surface area (Å²) >= 11 is 18.7. The molecule has 0 radical (unpaired) electrons. The Morgan fingerprint density at radius 1 is 0.951 bits per heavy atom. The maximum absolute atomic E-state index is 14.1. The van der Waals surface area contributed by atoms with Gasteiger partial charge in [-0.15, -0.1) is 0 Å². The number of amides is 2. The van der Waals surface area contributed by atoms with E-state index < -0.39 is 28.5 Å². The number of carbonyl (C=O) groups is 2. The number of sulfonamides is 1. The molecule has 12 heteroatoms. The van der Waals surface area contributed by atoms with Gasteiger partial charge >= 0.3 is 0 Å². The van der Waals surface area contributed by atoms with Gasteiger partial charge in [0, 0.05) is 27.7 Å². The summed E-state index contributed by atoms with van der Waals surface area (Å²) in [6.07, 6.45) is 0.276. The molecule has 1 atom stereocenters. The van der Waals surface area contributed by atoms with Gasteiger partial charge in [0.25, 0.3) is 10.0 Å². The SMILES string of the molecule is CC[C@@H](C(=O)NC(C)C)N(Cc1ccc(Cl)cc1Cl)C(=O)CN(c1cccc(Cl)c1)S(=O)(=O)c1ccc(OC)cc1. The molecule has 0 aromatic heterocycles. The highest BCUT2D eigenvalue weighted by atomic mass is 35.5. The predicted octanol–water partition coefficient (Wildman–Crippen LogP) is 6.18. The minimum absolute atomic E-state index is 0.0508. The molecule has 41 heavy (non-hydrogen) atoms. The van der Waals surface area contributed by atoms with Crippen LogP contribution in [0.25, 0.3) is 0 Å². The minimum atomic E-state index is -4.26. The minimum Gasteiger partial charge on any atom is -0.497 e. The Hall–Kier alpha value is -2.98. The van der Waals surface area contributed by atoms with Gasteiger partial charge in [0.15, 0.2) is 0 Å². The van der Waals surface area contributed by atoms with Crippen molar-refractivity contribution in [1.29, 1.82) is 0 Å². The number of rotatable bonds is 12. The van der Waals surface area contributed by atoms with Crippen molar-refractivity contribution in [3.8, 4) is 5.75 Å². The number of nitrogens with one attached hydrogen (secondary N) is 1. The third kappa shape index (κ3) is 8.29. The molecule has 0 bridgehead atoms. The Morgan fingerprint density at radius 3 is 2.17 bits per heavy atom. The molecule has 220 valence electrons. The fourth-order valence-electron chi connectivity index (χ4n) is 4.17. The first-order valence-corrected chi connectivity index (χ1v) is 15.4. The van der Waals surface area contributed by atoms with Gasteiger partial charge in [-0.2, -0.15) is 0 Å². The van der Waals surface area contributed by atoms with Crippen LogP contribution in [0.3, 0.4) is 0 Å². The molecule has 2 amide bonds. The number of halogens is 3. The van der Waals surface area contributed by atoms with Crippen molar-refractivity contribution in [2.45, 2.75) is 50.7 Å². The molecule has 0 saturated carbocycles. The quantitative estimate of drug-likeness (QED) is 0.255. The number of carbonyl (C=O) groups excluding carboxylic acids is 2. The van der Waals surface area contributed by atoms with Crippen LogP contribution in [-0.4, -0.2) is 50.9 Å². The van der Waals surface area contributed by atoms with E-state index in [1.54, 1.807) is 43.3 Å². The first-order valence-electron chi connectivity index (χ1n) is 12.8. The van der Waals surface area contributed by atoms with Gasteiger partial charge in [-0.3, -0.25) is 13.9 Å². The largest absolute Gasteiger partial charge is 0.497 e. The number of hydrogen-bond donors (Lipinski definition) is 1. The van der Waals surface area contributed by atoms with Crippen LogP contribution in [0.1, 0.15) is 32.8 Å². The zero-order valence-corrected chi connectivity index (χ0v) is 26.2. The zero-order valence-electron chi connectivity index (χ0n) is 23.1. The molecular formula is C29H32Cl3N3O5S. The summed E-state index contributed by atoms with van der Waals surface area (Å²) in [7, 11) is -2.78. The summed E-state index contributed by atoms with van der Waals surface area (Å²) in [5.74, 6) is -0.505. The zero-order chi connectivity index (χ0) is 30.3. The second-order valence-electron chi connectivity index (χ2n) is 9.51. The molecule has 8 nitrogen and oxygen atoms in total. The van der Waals surface area contributed by atoms with Crippen molar-refractivity contribution in [3.63, 3.8) is 0 Å². The monoisotopic (exact) mass is 639 g/mol. The average Bonchev–Trinajstić information content (AvgIpc) is 2.92. The van der Waals surface area contributed by atoms with E-state index in [-0.39, 0.29) is 40.5 Å². The van der Waals surface area contributed by atoms with E-state index in [9.17, 15) is 18.0 Å². The molecule has 0 unspecified atom stereocenters. The molecule has 3 aromatic rings. The van der Waals surface area contributed by atoms with Crippen molar-refractivity contribution in [2.24, 2.45) is 0 Å². The lowest BCUT2D eigenvalue weighted by Gasteiger charge is -2.33. The summed E-state index contributed by atoms with van der Waals surface area (Å²) in [6.45, 7) is 4.75. The van der Waals surface area contributed by atoms with Gasteiger partial charge in [-0.25, -0.2) is 8.42 Å². The summed E-state index contributed by atoms with van der Waals surface area (Å²) in [6, 6.07) is 15.8. The van der Waals surface area contributed by atoms with Crippen LogP contribution >= 0.6 is 34.8 Å². The van der Waals surface area contributed by atoms with Crippen molar-refractivity contribution in [1.82, 2.24) is 10.2 Å². The number of hydrogen-bond acceptors (Lipinski definition) is 5. The molecular weight excluding hydrogens is 609 g/mol. The van der Waals surface area contributed by atoms with Gasteiger partial charge in [0.2, 0.25) is 11.8 Å². The van der Waals surface area contributed by atoms with Crippen molar-refractivity contribution >= 4 is 62.3 Å². The van der Waals surface area contributed by atoms with Crippen LogP contribution in [0.5, 0.6) is 5.75 Å². The van der Waals surface area contributed by atoms with E-state index in [0.29, 0.717) is 21.4 Å². The van der Waals surface area contributed by atoms with Crippen LogP contribution in [0.4, 0.5) is 5.69 Å². The van der Waals surface area contributed by atoms with Crippen LogP contribution in [0.15, 0.2) is 71.6 Å². The number of nitrogens with zero attached hydrogens (tertiary/aromatic N) is 2. The third-order valence-electron chi connectivity index (χ3n) is 6.20. The first kappa shape index (κ1) is 32.5. The summed E-state index contributed by atoms with van der Waals surface area (Å²) in [5, 5.41) is 3.87. The van der Waals surface area contributed by atoms with E-state index in [4.69, 9.17) is 39.5 Å². The maximum atomic E-state index is 14.1. The summed E-state index contributed by atoms with van der Waals surface area (Å²) < 4.78 is 34.0. The van der Waals surface area contributed by atoms with Gasteiger partial charge < -0.3 is 15.0 Å². The second kappa shape index (κ2) is 14.3. The van der Waals surface area contributed by atoms with E-state index in [2.05, 4.69) is 5.32 Å². The summed E-state index contributed by atoms with van der Waals surface area (Å²) in [5.41, 5.74) is 0.735. The van der Waals surface area contributed by atoms with E-state index >= 15 is 0 Å². The first-order chi connectivity index (χ1) is 19.4. The molecule has 0 saturated heterocycles. The smallest absolute Gasteiger partial charge is 0.264 e. The van der Waals surface area contributed by atoms with Crippen LogP contribution in [0, 0.1) is 0 Å². The van der Waals surface area contributed by atoms with Gasteiger partial charge in [0.05, 0.1) is 17.7 Å². The highest BCUT2D eigenvalue weighted by Crippen LogP contribution is 2.29. The standard InChI is InChI=1S/C29H32Cl3N3O5S/c1-5-27(29(37)33-19(2)3)34(17-20-9-10-22(31)16-26(20)32)28(36)18-35(23-8-6-7-21(30)15-23)41(38,39)25-13-11-24(40-4)12-14-25/h6-16,19,27H,5,17-18H2,1-4H3,(H,33,37)/t27-/m0/s1. The Balaban J connectivity index is 2.09. The molecule has 1 N–H and O–H groups in total. The topological polar surface area (TPSA) is 96.0 Å². The molecule has 3 rings (SSSR count). The number of methoxy groups -OCH3 is 1. The Labute approximate surface area is 256 Å². The normalized spacial score (nSPS) is 12.1. The third-order valence-corrected chi connectivity index (χ3v) is 8.81. The Bertz CT molecular complexity index is 1480. The molecule has 3 aromatic carbocycles. The lowest BCUT2D eigenvalue weighted by molar-refractivity contribution is -0.140. The lowest BCUT2D eigenvalue weighted by atomic mass is 10.1. The average molecular weight is 641 g/mol. The van der Waals surface area contributed by atoms with Gasteiger partial charge in [-0.05, 0) is 80.4 Å². The van der Waals surface area contributed by atoms with Crippen molar-refractivity contribution in [2.75, 3.05) is 18.0 Å². The van der Waals surface area contributed by atoms with E-state index in [0.717, 1.165) is 4.31 Å². The van der Waals surface area contributed by atoms with E-state index in [1.165, 1.54) is 42.3 Å². The Kier molecular flexibility index (Phi) is 11.3. The molecule has 0 aliphatic heterocycles. The highest BCUT2D eigenvalue weighted by Gasteiger charge is 2.34. The predicted molar refractivity (Wildman–Crippen MR) is 163 cm³/mol. The van der Waals surface area contributed by atoms with Crippen LogP contribution in [-0.2, 0) is 26.2 Å². The fourth-order valence-corrected chi connectivity index (χ4v) is 6.23.